The van der Waals surface area contributed by atoms with Crippen molar-refractivity contribution in [3.05, 3.63) is 29.8 Å². The summed E-state index contributed by atoms with van der Waals surface area (Å²) in [4.78, 5) is 23.6. The second-order valence-electron chi connectivity index (χ2n) is 2.89. The largest absolute Gasteiger partial charge is 0.351 e. The van der Waals surface area contributed by atoms with Crippen LogP contribution in [0.1, 0.15) is 10.4 Å². The van der Waals surface area contributed by atoms with Gasteiger partial charge in [-0.15, -0.1) is 0 Å². The summed E-state index contributed by atoms with van der Waals surface area (Å²) in [6, 6.07) is 6.15. The van der Waals surface area contributed by atoms with Crippen LogP contribution in [0.3, 0.4) is 0 Å². The van der Waals surface area contributed by atoms with Crippen molar-refractivity contribution in [3.8, 4) is 0 Å². The molecule has 14 heavy (non-hydrogen) atoms. The van der Waals surface area contributed by atoms with Crippen molar-refractivity contribution >= 4 is 17.6 Å². The van der Waals surface area contributed by atoms with Gasteiger partial charge in [-0.3, -0.25) is 9.69 Å². The SMILES string of the molecule is NC(=O)N1C[N]C(=O)c2ccccc21. The van der Waals surface area contributed by atoms with Gasteiger partial charge in [0.2, 0.25) is 0 Å². The molecule has 0 atom stereocenters. The molecule has 0 aromatic heterocycles. The fourth-order valence-corrected chi connectivity index (χ4v) is 1.37. The van der Waals surface area contributed by atoms with Gasteiger partial charge in [-0.05, 0) is 12.1 Å². The predicted octanol–water partition coefficient (Wildman–Crippen LogP) is 0.287. The molecule has 1 aromatic carbocycles. The Morgan fingerprint density at radius 2 is 2.14 bits per heavy atom. The molecule has 1 aliphatic heterocycles. The number of benzene rings is 1. The highest BCUT2D eigenvalue weighted by molar-refractivity contribution is 6.06. The number of para-hydroxylation sites is 1. The van der Waals surface area contributed by atoms with Gasteiger partial charge in [-0.1, -0.05) is 12.1 Å². The van der Waals surface area contributed by atoms with Crippen molar-refractivity contribution in [3.63, 3.8) is 0 Å². The van der Waals surface area contributed by atoms with E-state index in [1.54, 1.807) is 24.3 Å². The zero-order valence-corrected chi connectivity index (χ0v) is 7.30. The first-order valence-corrected chi connectivity index (χ1v) is 4.08. The number of amides is 3. The molecule has 5 nitrogen and oxygen atoms in total. The van der Waals surface area contributed by atoms with E-state index in [4.69, 9.17) is 5.73 Å². The van der Waals surface area contributed by atoms with E-state index in [9.17, 15) is 9.59 Å². The summed E-state index contributed by atoms with van der Waals surface area (Å²) in [7, 11) is 0. The van der Waals surface area contributed by atoms with Gasteiger partial charge in [-0.25, -0.2) is 10.1 Å². The van der Waals surface area contributed by atoms with E-state index in [2.05, 4.69) is 5.32 Å². The van der Waals surface area contributed by atoms with Crippen LogP contribution in [-0.2, 0) is 0 Å². The quantitative estimate of drug-likeness (QED) is 0.638. The fourth-order valence-electron chi connectivity index (χ4n) is 1.37. The molecular weight excluding hydrogens is 182 g/mol. The summed E-state index contributed by atoms with van der Waals surface area (Å²) in [6.45, 7) is 0.00514. The number of nitrogens with zero attached hydrogens (tertiary/aromatic N) is 2. The number of carbonyl (C=O) groups is 2. The highest BCUT2D eigenvalue weighted by Gasteiger charge is 2.25. The minimum absolute atomic E-state index is 0.00514. The van der Waals surface area contributed by atoms with Crippen molar-refractivity contribution in [2.24, 2.45) is 5.73 Å². The highest BCUT2D eigenvalue weighted by Crippen LogP contribution is 2.23. The average Bonchev–Trinajstić information content (AvgIpc) is 2.18. The van der Waals surface area contributed by atoms with Crippen LogP contribution in [-0.4, -0.2) is 18.6 Å². The standard InChI is InChI=1S/C9H8N3O2/c10-9(14)12-5-11-8(13)6-3-1-2-4-7(6)12/h1-4H,5H2,(H2,10,14). The first-order chi connectivity index (χ1) is 6.70. The number of hydrogen-bond donors (Lipinski definition) is 1. The molecule has 5 heteroatoms. The lowest BCUT2D eigenvalue weighted by molar-refractivity contribution is 0.0944. The first-order valence-electron chi connectivity index (χ1n) is 4.08. The van der Waals surface area contributed by atoms with Crippen LogP contribution in [0.4, 0.5) is 10.5 Å². The number of hydrogen-bond acceptors (Lipinski definition) is 2. The number of nitrogens with two attached hydrogens (primary N) is 1. The molecule has 0 aliphatic carbocycles. The summed E-state index contributed by atoms with van der Waals surface area (Å²) in [5, 5.41) is 3.66. The van der Waals surface area contributed by atoms with E-state index in [1.807, 2.05) is 0 Å². The smallest absolute Gasteiger partial charge is 0.320 e. The summed E-state index contributed by atoms with van der Waals surface area (Å²) in [5.41, 5.74) is 6.09. The maximum atomic E-state index is 11.3. The van der Waals surface area contributed by atoms with Gasteiger partial charge in [-0.2, -0.15) is 0 Å². The molecule has 3 amide bonds. The number of fused-ring (bicyclic) bond motifs is 1. The lowest BCUT2D eigenvalue weighted by atomic mass is 10.1. The molecule has 0 saturated heterocycles. The van der Waals surface area contributed by atoms with E-state index in [0.717, 1.165) is 0 Å². The number of anilines is 1. The van der Waals surface area contributed by atoms with Crippen LogP contribution in [0.15, 0.2) is 24.3 Å². The van der Waals surface area contributed by atoms with E-state index in [-0.39, 0.29) is 12.6 Å². The molecule has 71 valence electrons. The fraction of sp³-hybridized carbons (Fsp3) is 0.111. The minimum Gasteiger partial charge on any atom is -0.351 e. The van der Waals surface area contributed by atoms with Gasteiger partial charge in [0, 0.05) is 0 Å². The van der Waals surface area contributed by atoms with E-state index in [1.165, 1.54) is 4.90 Å². The van der Waals surface area contributed by atoms with Crippen LogP contribution < -0.4 is 16.0 Å². The van der Waals surface area contributed by atoms with E-state index in [0.29, 0.717) is 11.3 Å². The monoisotopic (exact) mass is 190 g/mol. The van der Waals surface area contributed by atoms with Crippen LogP contribution in [0.5, 0.6) is 0 Å². The van der Waals surface area contributed by atoms with E-state index >= 15 is 0 Å². The van der Waals surface area contributed by atoms with Crippen LogP contribution in [0, 0.1) is 0 Å². The van der Waals surface area contributed by atoms with Crippen LogP contribution in [0.2, 0.25) is 0 Å². The number of primary amides is 1. The lowest BCUT2D eigenvalue weighted by Crippen LogP contribution is -2.45. The Kier molecular flexibility index (Phi) is 1.85. The molecule has 0 saturated carbocycles. The summed E-state index contributed by atoms with van der Waals surface area (Å²) in [5.74, 6) is -0.307. The number of rotatable bonds is 0. The Bertz CT molecular complexity index is 403. The molecule has 0 bridgehead atoms. The number of carbonyl (C=O) groups excluding carboxylic acids is 2. The van der Waals surface area contributed by atoms with Crippen molar-refractivity contribution in [1.29, 1.82) is 0 Å². The molecular formula is C9H8N3O2. The Balaban J connectivity index is 2.52. The minimum atomic E-state index is -0.603. The van der Waals surface area contributed by atoms with Gasteiger partial charge < -0.3 is 5.73 Å². The molecule has 2 rings (SSSR count). The zero-order valence-electron chi connectivity index (χ0n) is 7.30. The summed E-state index contributed by atoms with van der Waals surface area (Å²) >= 11 is 0. The molecule has 1 aromatic rings. The van der Waals surface area contributed by atoms with Gasteiger partial charge in [0.25, 0.3) is 5.91 Å². The van der Waals surface area contributed by atoms with Gasteiger partial charge in [0.05, 0.1) is 11.3 Å². The normalized spacial score (nSPS) is 14.6. The maximum Gasteiger partial charge on any atom is 0.320 e. The Morgan fingerprint density at radius 3 is 2.86 bits per heavy atom. The second kappa shape index (κ2) is 3.02. The summed E-state index contributed by atoms with van der Waals surface area (Å²) in [6.07, 6.45) is 0. The molecule has 1 aliphatic rings. The third-order valence-corrected chi connectivity index (χ3v) is 2.05. The van der Waals surface area contributed by atoms with Crippen molar-refractivity contribution in [2.75, 3.05) is 11.6 Å². The Hall–Kier alpha value is -2.04. The third kappa shape index (κ3) is 1.19. The van der Waals surface area contributed by atoms with Crippen molar-refractivity contribution in [1.82, 2.24) is 5.32 Å². The van der Waals surface area contributed by atoms with Gasteiger partial charge in [0.1, 0.15) is 6.67 Å². The van der Waals surface area contributed by atoms with Gasteiger partial charge in [0.15, 0.2) is 0 Å². The van der Waals surface area contributed by atoms with Crippen LogP contribution in [0.25, 0.3) is 0 Å². The summed E-state index contributed by atoms with van der Waals surface area (Å²) < 4.78 is 0. The Morgan fingerprint density at radius 1 is 1.43 bits per heavy atom. The topological polar surface area (TPSA) is 77.5 Å². The number of urea groups is 1. The molecule has 2 N–H and O–H groups in total. The maximum absolute atomic E-state index is 11.3. The van der Waals surface area contributed by atoms with Crippen LogP contribution >= 0.6 is 0 Å². The predicted molar refractivity (Wildman–Crippen MR) is 49.8 cm³/mol. The van der Waals surface area contributed by atoms with Crippen molar-refractivity contribution < 1.29 is 9.59 Å². The highest BCUT2D eigenvalue weighted by atomic mass is 16.2. The third-order valence-electron chi connectivity index (χ3n) is 2.05. The first kappa shape index (κ1) is 8.55. The Labute approximate surface area is 80.5 Å². The molecule has 1 heterocycles. The second-order valence-corrected chi connectivity index (χ2v) is 2.89. The molecule has 0 unspecified atom stereocenters. The average molecular weight is 190 g/mol. The zero-order chi connectivity index (χ0) is 10.1. The molecule has 1 radical (unpaired) electrons. The molecule has 0 fully saturated rings. The lowest BCUT2D eigenvalue weighted by Gasteiger charge is -2.25. The van der Waals surface area contributed by atoms with E-state index < -0.39 is 6.03 Å². The van der Waals surface area contributed by atoms with Gasteiger partial charge >= 0.3 is 6.03 Å². The van der Waals surface area contributed by atoms with Crippen molar-refractivity contribution in [2.45, 2.75) is 0 Å². The molecule has 0 spiro atoms.